The number of para-hydroxylation sites is 1. The molecule has 0 saturated heterocycles. The van der Waals surface area contributed by atoms with Gasteiger partial charge in [0.1, 0.15) is 5.75 Å². The standard InChI is InChI=1S/C22H16O5/c23-20(19-12-6-8-16-7-4-5-11-18(16)19)15-26-21(24)13-14-22(25)27-17-9-2-1-3-10-17/h1-14H,15H2/b14-13+. The first-order chi connectivity index (χ1) is 13.1. The predicted molar refractivity (Wildman–Crippen MR) is 100 cm³/mol. The van der Waals surface area contributed by atoms with Crippen molar-refractivity contribution < 1.29 is 23.9 Å². The highest BCUT2D eigenvalue weighted by atomic mass is 16.5. The Morgan fingerprint density at radius 2 is 1.41 bits per heavy atom. The molecule has 0 atom stereocenters. The lowest BCUT2D eigenvalue weighted by Crippen LogP contribution is -2.13. The van der Waals surface area contributed by atoms with Crippen molar-refractivity contribution in [3.05, 3.63) is 90.5 Å². The molecule has 0 amide bonds. The molecule has 0 unspecified atom stereocenters. The predicted octanol–water partition coefficient (Wildman–Crippen LogP) is 3.73. The van der Waals surface area contributed by atoms with Crippen molar-refractivity contribution in [2.75, 3.05) is 6.61 Å². The van der Waals surface area contributed by atoms with E-state index < -0.39 is 18.5 Å². The van der Waals surface area contributed by atoms with E-state index in [9.17, 15) is 14.4 Å². The summed E-state index contributed by atoms with van der Waals surface area (Å²) in [7, 11) is 0. The molecule has 0 spiro atoms. The van der Waals surface area contributed by atoms with Crippen molar-refractivity contribution in [2.24, 2.45) is 0 Å². The third kappa shape index (κ3) is 4.89. The summed E-state index contributed by atoms with van der Waals surface area (Å²) in [6.07, 6.45) is 1.89. The van der Waals surface area contributed by atoms with Gasteiger partial charge in [-0.05, 0) is 22.9 Å². The number of rotatable bonds is 6. The van der Waals surface area contributed by atoms with Gasteiger partial charge in [0.2, 0.25) is 5.78 Å². The van der Waals surface area contributed by atoms with Gasteiger partial charge in [0.05, 0.1) is 0 Å². The van der Waals surface area contributed by atoms with E-state index in [2.05, 4.69) is 0 Å². The van der Waals surface area contributed by atoms with Gasteiger partial charge in [0.25, 0.3) is 0 Å². The Balaban J connectivity index is 1.55. The number of fused-ring (bicyclic) bond motifs is 1. The van der Waals surface area contributed by atoms with Crippen LogP contribution in [0.3, 0.4) is 0 Å². The Bertz CT molecular complexity index is 1000. The zero-order chi connectivity index (χ0) is 19.1. The molecule has 0 N–H and O–H groups in total. The van der Waals surface area contributed by atoms with Crippen LogP contribution in [0.1, 0.15) is 10.4 Å². The monoisotopic (exact) mass is 360 g/mol. The molecule has 0 aliphatic heterocycles. The molecular weight excluding hydrogens is 344 g/mol. The summed E-state index contributed by atoms with van der Waals surface area (Å²) in [4.78, 5) is 35.7. The van der Waals surface area contributed by atoms with E-state index >= 15 is 0 Å². The molecule has 3 rings (SSSR count). The zero-order valence-corrected chi connectivity index (χ0v) is 14.3. The molecule has 27 heavy (non-hydrogen) atoms. The van der Waals surface area contributed by atoms with Gasteiger partial charge in [-0.1, -0.05) is 60.7 Å². The number of esters is 2. The average Bonchev–Trinajstić information content (AvgIpc) is 2.70. The van der Waals surface area contributed by atoms with Crippen LogP contribution in [0.4, 0.5) is 0 Å². The largest absolute Gasteiger partial charge is 0.454 e. The zero-order valence-electron chi connectivity index (χ0n) is 14.3. The first-order valence-electron chi connectivity index (χ1n) is 8.26. The normalized spacial score (nSPS) is 10.7. The van der Waals surface area contributed by atoms with Crippen LogP contribution in [-0.2, 0) is 14.3 Å². The lowest BCUT2D eigenvalue weighted by molar-refractivity contribution is -0.137. The highest BCUT2D eigenvalue weighted by Crippen LogP contribution is 2.19. The fourth-order valence-electron chi connectivity index (χ4n) is 2.51. The Morgan fingerprint density at radius 1 is 0.741 bits per heavy atom. The van der Waals surface area contributed by atoms with Gasteiger partial charge >= 0.3 is 11.9 Å². The quantitative estimate of drug-likeness (QED) is 0.290. The lowest BCUT2D eigenvalue weighted by Gasteiger charge is -2.06. The summed E-state index contributed by atoms with van der Waals surface area (Å²) >= 11 is 0. The second-order valence-corrected chi connectivity index (χ2v) is 5.63. The van der Waals surface area contributed by atoms with Gasteiger partial charge in [0, 0.05) is 17.7 Å². The molecule has 0 aromatic heterocycles. The van der Waals surface area contributed by atoms with E-state index in [1.807, 2.05) is 30.3 Å². The SMILES string of the molecule is O=C(/C=C/C(=O)Oc1ccccc1)OCC(=O)c1cccc2ccccc12. The number of Topliss-reactive ketones (excluding diaryl/α,β-unsaturated/α-hetero) is 1. The second-order valence-electron chi connectivity index (χ2n) is 5.63. The molecule has 0 fully saturated rings. The number of ketones is 1. The molecule has 134 valence electrons. The summed E-state index contributed by atoms with van der Waals surface area (Å²) in [5.41, 5.74) is 0.480. The van der Waals surface area contributed by atoms with Crippen LogP contribution in [-0.4, -0.2) is 24.3 Å². The van der Waals surface area contributed by atoms with Gasteiger partial charge in [-0.2, -0.15) is 0 Å². The fourth-order valence-corrected chi connectivity index (χ4v) is 2.51. The molecule has 0 radical (unpaired) electrons. The van der Waals surface area contributed by atoms with Gasteiger partial charge in [-0.3, -0.25) is 4.79 Å². The van der Waals surface area contributed by atoms with Crippen molar-refractivity contribution in [2.45, 2.75) is 0 Å². The Kier molecular flexibility index (Phi) is 5.74. The maximum absolute atomic E-state index is 12.3. The van der Waals surface area contributed by atoms with Gasteiger partial charge in [-0.15, -0.1) is 0 Å². The van der Waals surface area contributed by atoms with Crippen LogP contribution in [0.15, 0.2) is 84.9 Å². The van der Waals surface area contributed by atoms with Crippen molar-refractivity contribution in [3.8, 4) is 5.75 Å². The minimum atomic E-state index is -0.798. The van der Waals surface area contributed by atoms with Crippen molar-refractivity contribution in [1.29, 1.82) is 0 Å². The Hall–Kier alpha value is -3.73. The van der Waals surface area contributed by atoms with Crippen LogP contribution in [0.2, 0.25) is 0 Å². The smallest absolute Gasteiger partial charge is 0.336 e. The summed E-state index contributed by atoms with van der Waals surface area (Å²) in [6.45, 7) is -0.412. The van der Waals surface area contributed by atoms with E-state index in [1.165, 1.54) is 0 Å². The molecule has 0 heterocycles. The maximum atomic E-state index is 12.3. The number of benzene rings is 3. The first kappa shape index (κ1) is 18.1. The number of hydrogen-bond donors (Lipinski definition) is 0. The van der Waals surface area contributed by atoms with Crippen molar-refractivity contribution >= 4 is 28.5 Å². The molecular formula is C22H16O5. The Morgan fingerprint density at radius 3 is 2.22 bits per heavy atom. The average molecular weight is 360 g/mol. The van der Waals surface area contributed by atoms with Gasteiger partial charge < -0.3 is 9.47 Å². The summed E-state index contributed by atoms with van der Waals surface area (Å²) in [5, 5.41) is 1.72. The van der Waals surface area contributed by atoms with Crippen molar-refractivity contribution in [1.82, 2.24) is 0 Å². The topological polar surface area (TPSA) is 69.7 Å². The van der Waals surface area contributed by atoms with E-state index in [4.69, 9.17) is 9.47 Å². The molecule has 5 nitrogen and oxygen atoms in total. The highest BCUT2D eigenvalue weighted by Gasteiger charge is 2.12. The minimum absolute atomic E-state index is 0.319. The van der Waals surface area contributed by atoms with Crippen molar-refractivity contribution in [3.63, 3.8) is 0 Å². The van der Waals surface area contributed by atoms with Crippen LogP contribution >= 0.6 is 0 Å². The Labute approximate surface area is 155 Å². The van der Waals surface area contributed by atoms with Crippen LogP contribution in [0.5, 0.6) is 5.75 Å². The third-order valence-electron chi connectivity index (χ3n) is 3.75. The van der Waals surface area contributed by atoms with E-state index in [1.54, 1.807) is 42.5 Å². The molecule has 0 aliphatic rings. The molecule has 3 aromatic carbocycles. The second kappa shape index (κ2) is 8.58. The van der Waals surface area contributed by atoms with Crippen LogP contribution in [0.25, 0.3) is 10.8 Å². The molecule has 0 aliphatic carbocycles. The van der Waals surface area contributed by atoms with E-state index in [-0.39, 0.29) is 5.78 Å². The first-order valence-corrected chi connectivity index (χ1v) is 8.26. The van der Waals surface area contributed by atoms with E-state index in [0.29, 0.717) is 11.3 Å². The number of hydrogen-bond acceptors (Lipinski definition) is 5. The minimum Gasteiger partial charge on any atom is -0.454 e. The molecule has 0 saturated carbocycles. The summed E-state index contributed by atoms with van der Waals surface area (Å²) in [5.74, 6) is -1.46. The number of ether oxygens (including phenoxy) is 2. The lowest BCUT2D eigenvalue weighted by atomic mass is 10.0. The molecule has 3 aromatic rings. The molecule has 5 heteroatoms. The van der Waals surface area contributed by atoms with Crippen LogP contribution < -0.4 is 4.74 Å². The fraction of sp³-hybridized carbons (Fsp3) is 0.0455. The summed E-state index contributed by atoms with van der Waals surface area (Å²) in [6, 6.07) is 21.3. The van der Waals surface area contributed by atoms with Gasteiger partial charge in [-0.25, -0.2) is 9.59 Å². The number of carbonyl (C=O) groups is 3. The van der Waals surface area contributed by atoms with E-state index in [0.717, 1.165) is 22.9 Å². The third-order valence-corrected chi connectivity index (χ3v) is 3.75. The molecule has 0 bridgehead atoms. The van der Waals surface area contributed by atoms with Gasteiger partial charge in [0.15, 0.2) is 6.61 Å². The van der Waals surface area contributed by atoms with Crippen LogP contribution in [0, 0.1) is 0 Å². The number of carbonyl (C=O) groups excluding carboxylic acids is 3. The maximum Gasteiger partial charge on any atom is 0.336 e. The highest BCUT2D eigenvalue weighted by molar-refractivity contribution is 6.09. The summed E-state index contributed by atoms with van der Waals surface area (Å²) < 4.78 is 9.93.